The van der Waals surface area contributed by atoms with Crippen LogP contribution in [-0.2, 0) is 0 Å². The van der Waals surface area contributed by atoms with Gasteiger partial charge in [0, 0.05) is 4.47 Å². The minimum atomic E-state index is 0.0820. The van der Waals surface area contributed by atoms with Gasteiger partial charge in [-0.2, -0.15) is 0 Å². The van der Waals surface area contributed by atoms with Gasteiger partial charge in [-0.15, -0.1) is 0 Å². The lowest BCUT2D eigenvalue weighted by atomic mass is 10.2. The van der Waals surface area contributed by atoms with Gasteiger partial charge in [-0.1, -0.05) is 11.6 Å². The Hall–Kier alpha value is -1.98. The van der Waals surface area contributed by atoms with Crippen molar-refractivity contribution in [1.29, 1.82) is 0 Å². The number of rotatable bonds is 3. The highest BCUT2D eigenvalue weighted by Gasteiger charge is 2.13. The zero-order valence-electron chi connectivity index (χ0n) is 11.6. The van der Waals surface area contributed by atoms with Gasteiger partial charge >= 0.3 is 0 Å². The molecule has 112 valence electrons. The summed E-state index contributed by atoms with van der Waals surface area (Å²) in [6.07, 6.45) is 1.57. The fraction of sp³-hybridized carbons (Fsp3) is 0.0625. The molecule has 6 heteroatoms. The first-order valence-electron chi connectivity index (χ1n) is 6.47. The summed E-state index contributed by atoms with van der Waals surface area (Å²) >= 11 is 9.56. The number of aromatic hydroxyl groups is 1. The fourth-order valence-corrected chi connectivity index (χ4v) is 2.71. The Kier molecular flexibility index (Phi) is 4.09. The van der Waals surface area contributed by atoms with E-state index in [2.05, 4.69) is 25.9 Å². The number of aromatic amines is 1. The molecule has 0 bridgehead atoms. The first-order valence-corrected chi connectivity index (χ1v) is 7.64. The SMILES string of the molecule is COc1ccc(N=Cc2[nH]c3ccc(Br)c(Cl)c3c2O)cc1. The van der Waals surface area contributed by atoms with Gasteiger partial charge < -0.3 is 14.8 Å². The van der Waals surface area contributed by atoms with Crippen molar-refractivity contribution in [3.8, 4) is 11.5 Å². The number of ether oxygens (including phenoxy) is 1. The number of H-pyrrole nitrogens is 1. The molecule has 1 aromatic heterocycles. The summed E-state index contributed by atoms with van der Waals surface area (Å²) in [5.41, 5.74) is 2.01. The number of aliphatic imine (C=N–C) groups is 1. The van der Waals surface area contributed by atoms with E-state index in [1.54, 1.807) is 13.3 Å². The van der Waals surface area contributed by atoms with Crippen molar-refractivity contribution >= 4 is 50.3 Å². The third kappa shape index (κ3) is 2.69. The van der Waals surface area contributed by atoms with E-state index in [1.807, 2.05) is 36.4 Å². The number of fused-ring (bicyclic) bond motifs is 1. The average molecular weight is 380 g/mol. The number of hydrogen-bond donors (Lipinski definition) is 2. The number of methoxy groups -OCH3 is 1. The molecule has 22 heavy (non-hydrogen) atoms. The second-order valence-electron chi connectivity index (χ2n) is 4.63. The predicted molar refractivity (Wildman–Crippen MR) is 92.9 cm³/mol. The second kappa shape index (κ2) is 6.02. The van der Waals surface area contributed by atoms with Crippen LogP contribution in [-0.4, -0.2) is 23.4 Å². The van der Waals surface area contributed by atoms with Gasteiger partial charge in [-0.25, -0.2) is 0 Å². The molecule has 0 fully saturated rings. The van der Waals surface area contributed by atoms with E-state index in [0.29, 0.717) is 16.1 Å². The lowest BCUT2D eigenvalue weighted by molar-refractivity contribution is 0.415. The van der Waals surface area contributed by atoms with Crippen LogP contribution in [0.15, 0.2) is 45.9 Å². The maximum atomic E-state index is 10.3. The van der Waals surface area contributed by atoms with Crippen LogP contribution in [0.3, 0.4) is 0 Å². The minimum absolute atomic E-state index is 0.0820. The van der Waals surface area contributed by atoms with Crippen LogP contribution in [0, 0.1) is 0 Å². The molecule has 3 aromatic rings. The lowest BCUT2D eigenvalue weighted by Crippen LogP contribution is -1.82. The molecule has 2 N–H and O–H groups in total. The Bertz CT molecular complexity index is 857. The van der Waals surface area contributed by atoms with Crippen LogP contribution in [0.25, 0.3) is 10.9 Å². The Morgan fingerprint density at radius 2 is 1.95 bits per heavy atom. The molecule has 0 radical (unpaired) electrons. The second-order valence-corrected chi connectivity index (χ2v) is 5.86. The molecule has 0 saturated carbocycles. The van der Waals surface area contributed by atoms with Crippen molar-refractivity contribution in [2.24, 2.45) is 4.99 Å². The molecule has 0 saturated heterocycles. The van der Waals surface area contributed by atoms with Gasteiger partial charge in [0.25, 0.3) is 0 Å². The fourth-order valence-electron chi connectivity index (χ4n) is 2.13. The lowest BCUT2D eigenvalue weighted by Gasteiger charge is -1.99. The maximum Gasteiger partial charge on any atom is 0.151 e. The summed E-state index contributed by atoms with van der Waals surface area (Å²) in [7, 11) is 1.61. The number of nitrogens with one attached hydrogen (secondary N) is 1. The third-order valence-electron chi connectivity index (χ3n) is 3.27. The number of hydrogen-bond acceptors (Lipinski definition) is 3. The van der Waals surface area contributed by atoms with Crippen molar-refractivity contribution < 1.29 is 9.84 Å². The number of aromatic nitrogens is 1. The van der Waals surface area contributed by atoms with Crippen LogP contribution in [0.4, 0.5) is 5.69 Å². The number of nitrogens with zero attached hydrogens (tertiary/aromatic N) is 1. The summed E-state index contributed by atoms with van der Waals surface area (Å²) < 4.78 is 5.83. The van der Waals surface area contributed by atoms with E-state index < -0.39 is 0 Å². The van der Waals surface area contributed by atoms with Crippen LogP contribution >= 0.6 is 27.5 Å². The molecule has 3 rings (SSSR count). The van der Waals surface area contributed by atoms with Crippen LogP contribution < -0.4 is 4.74 Å². The quantitative estimate of drug-likeness (QED) is 0.626. The third-order valence-corrected chi connectivity index (χ3v) is 4.55. The molecule has 4 nitrogen and oxygen atoms in total. The standard InChI is InChI=1S/C16H12BrClN2O2/c1-22-10-4-2-9(3-5-10)19-8-13-16(21)14-12(20-13)7-6-11(17)15(14)18/h2-8,20-21H,1H3. The molecular formula is C16H12BrClN2O2. The van der Waals surface area contributed by atoms with E-state index >= 15 is 0 Å². The average Bonchev–Trinajstić information content (AvgIpc) is 2.86. The van der Waals surface area contributed by atoms with E-state index in [4.69, 9.17) is 16.3 Å². The molecule has 0 amide bonds. The summed E-state index contributed by atoms with van der Waals surface area (Å²) in [6, 6.07) is 11.0. The minimum Gasteiger partial charge on any atom is -0.505 e. The Morgan fingerprint density at radius 1 is 1.23 bits per heavy atom. The van der Waals surface area contributed by atoms with Gasteiger partial charge in [-0.3, -0.25) is 4.99 Å². The van der Waals surface area contributed by atoms with Crippen LogP contribution in [0.1, 0.15) is 5.69 Å². The molecular weight excluding hydrogens is 368 g/mol. The van der Waals surface area contributed by atoms with Crippen molar-refractivity contribution in [3.63, 3.8) is 0 Å². The zero-order valence-corrected chi connectivity index (χ0v) is 13.9. The predicted octanol–water partition coefficient (Wildman–Crippen LogP) is 5.05. The Labute approximate surface area is 140 Å². The van der Waals surface area contributed by atoms with E-state index in [0.717, 1.165) is 21.4 Å². The first-order chi connectivity index (χ1) is 10.6. The highest BCUT2D eigenvalue weighted by atomic mass is 79.9. The summed E-state index contributed by atoms with van der Waals surface area (Å²) in [5.74, 6) is 0.850. The maximum absolute atomic E-state index is 10.3. The van der Waals surface area contributed by atoms with Gasteiger partial charge in [0.2, 0.25) is 0 Å². The molecule has 2 aromatic carbocycles. The molecule has 0 atom stereocenters. The normalized spacial score (nSPS) is 11.4. The van der Waals surface area contributed by atoms with Gasteiger partial charge in [-0.05, 0) is 52.3 Å². The van der Waals surface area contributed by atoms with Gasteiger partial charge in [0.1, 0.15) is 11.4 Å². The topological polar surface area (TPSA) is 57.6 Å². The first kappa shape index (κ1) is 14.9. The summed E-state index contributed by atoms with van der Waals surface area (Å²) in [6.45, 7) is 0. The van der Waals surface area contributed by atoms with E-state index in [9.17, 15) is 5.11 Å². The van der Waals surface area contributed by atoms with Crippen LogP contribution in [0.2, 0.25) is 5.02 Å². The van der Waals surface area contributed by atoms with E-state index in [-0.39, 0.29) is 5.75 Å². The van der Waals surface area contributed by atoms with Crippen molar-refractivity contribution in [1.82, 2.24) is 4.98 Å². The van der Waals surface area contributed by atoms with E-state index in [1.165, 1.54) is 0 Å². The van der Waals surface area contributed by atoms with Gasteiger partial charge in [0.05, 0.1) is 34.9 Å². The van der Waals surface area contributed by atoms with Crippen molar-refractivity contribution in [2.75, 3.05) is 7.11 Å². The van der Waals surface area contributed by atoms with Crippen LogP contribution in [0.5, 0.6) is 11.5 Å². The highest BCUT2D eigenvalue weighted by molar-refractivity contribution is 9.10. The largest absolute Gasteiger partial charge is 0.505 e. The number of halogens is 2. The van der Waals surface area contributed by atoms with Crippen molar-refractivity contribution in [3.05, 3.63) is 51.6 Å². The molecule has 0 aliphatic heterocycles. The summed E-state index contributed by atoms with van der Waals surface area (Å²) in [4.78, 5) is 7.43. The molecule has 1 heterocycles. The molecule has 0 spiro atoms. The zero-order chi connectivity index (χ0) is 15.7. The van der Waals surface area contributed by atoms with Crippen molar-refractivity contribution in [2.45, 2.75) is 0 Å². The smallest absolute Gasteiger partial charge is 0.151 e. The number of benzene rings is 2. The highest BCUT2D eigenvalue weighted by Crippen LogP contribution is 2.38. The Morgan fingerprint density at radius 3 is 2.64 bits per heavy atom. The van der Waals surface area contributed by atoms with Gasteiger partial charge in [0.15, 0.2) is 5.75 Å². The molecule has 0 aliphatic rings. The monoisotopic (exact) mass is 378 g/mol. The Balaban J connectivity index is 1.98. The summed E-state index contributed by atoms with van der Waals surface area (Å²) in [5, 5.41) is 11.4. The molecule has 0 aliphatic carbocycles. The molecule has 0 unspecified atom stereocenters.